The lowest BCUT2D eigenvalue weighted by Crippen LogP contribution is -2.34. The summed E-state index contributed by atoms with van der Waals surface area (Å²) in [5.74, 6) is -2.92. The van der Waals surface area contributed by atoms with E-state index in [1.165, 1.54) is 7.11 Å². The van der Waals surface area contributed by atoms with Gasteiger partial charge in [0.1, 0.15) is 16.5 Å². The molecule has 0 aliphatic carbocycles. The van der Waals surface area contributed by atoms with Gasteiger partial charge in [0.25, 0.3) is 5.91 Å². The van der Waals surface area contributed by atoms with Gasteiger partial charge in [-0.2, -0.15) is 0 Å². The molecule has 0 bridgehead atoms. The van der Waals surface area contributed by atoms with Crippen molar-refractivity contribution in [3.05, 3.63) is 35.4 Å². The maximum Gasteiger partial charge on any atom is 0.321 e. The van der Waals surface area contributed by atoms with Crippen molar-refractivity contribution < 1.29 is 23.1 Å². The summed E-state index contributed by atoms with van der Waals surface area (Å²) in [7, 11) is 1.21. The Morgan fingerprint density at radius 2 is 1.89 bits per heavy atom. The fourth-order valence-electron chi connectivity index (χ4n) is 1.18. The van der Waals surface area contributed by atoms with E-state index in [0.29, 0.717) is 6.07 Å². The van der Waals surface area contributed by atoms with Crippen LogP contribution in [0, 0.1) is 11.6 Å². The Morgan fingerprint density at radius 1 is 1.33 bits per heavy atom. The standard InChI is InChI=1S/C11H10BrF2NO3/c1-18-11(17)9(12)5-15-10(16)6-2-7(13)4-8(14)3-6/h2-4,9H,5H2,1H3,(H,15,16). The number of amides is 1. The third kappa shape index (κ3) is 4.06. The number of rotatable bonds is 4. The van der Waals surface area contributed by atoms with Crippen molar-refractivity contribution in [3.8, 4) is 0 Å². The minimum Gasteiger partial charge on any atom is -0.468 e. The third-order valence-corrected chi connectivity index (χ3v) is 2.72. The van der Waals surface area contributed by atoms with Crippen LogP contribution in [0.4, 0.5) is 8.78 Å². The summed E-state index contributed by atoms with van der Waals surface area (Å²) in [4.78, 5) is 21.9. The Hall–Kier alpha value is -1.50. The zero-order chi connectivity index (χ0) is 13.7. The van der Waals surface area contributed by atoms with Gasteiger partial charge in [-0.05, 0) is 12.1 Å². The lowest BCUT2D eigenvalue weighted by atomic mass is 10.2. The lowest BCUT2D eigenvalue weighted by molar-refractivity contribution is -0.139. The Balaban J connectivity index is 2.63. The van der Waals surface area contributed by atoms with Gasteiger partial charge in [0.2, 0.25) is 0 Å². The lowest BCUT2D eigenvalue weighted by Gasteiger charge is -2.09. The van der Waals surface area contributed by atoms with Gasteiger partial charge < -0.3 is 10.1 Å². The first-order valence-corrected chi connectivity index (χ1v) is 5.82. The summed E-state index contributed by atoms with van der Waals surface area (Å²) in [5.41, 5.74) is -0.155. The molecule has 18 heavy (non-hydrogen) atoms. The molecule has 0 aliphatic rings. The second-order valence-electron chi connectivity index (χ2n) is 3.36. The number of methoxy groups -OCH3 is 1. The smallest absolute Gasteiger partial charge is 0.321 e. The number of alkyl halides is 1. The number of carbonyl (C=O) groups excluding carboxylic acids is 2. The zero-order valence-corrected chi connectivity index (χ0v) is 11.0. The topological polar surface area (TPSA) is 55.4 Å². The van der Waals surface area contributed by atoms with Crippen molar-refractivity contribution in [1.29, 1.82) is 0 Å². The van der Waals surface area contributed by atoms with Crippen molar-refractivity contribution in [2.24, 2.45) is 0 Å². The summed E-state index contributed by atoms with van der Waals surface area (Å²) in [6.07, 6.45) is 0. The molecule has 0 radical (unpaired) electrons. The van der Waals surface area contributed by atoms with E-state index >= 15 is 0 Å². The molecular weight excluding hydrogens is 312 g/mol. The molecule has 0 heterocycles. The number of ether oxygens (including phenoxy) is 1. The maximum atomic E-state index is 12.9. The molecule has 1 unspecified atom stereocenters. The minimum atomic E-state index is -0.844. The van der Waals surface area contributed by atoms with Crippen LogP contribution < -0.4 is 5.32 Å². The van der Waals surface area contributed by atoms with E-state index in [1.54, 1.807) is 0 Å². The van der Waals surface area contributed by atoms with Crippen LogP contribution in [0.15, 0.2) is 18.2 Å². The summed E-state index contributed by atoms with van der Waals surface area (Å²) in [6, 6.07) is 2.47. The predicted octanol–water partition coefficient (Wildman–Crippen LogP) is 1.63. The van der Waals surface area contributed by atoms with Crippen LogP contribution in [-0.2, 0) is 9.53 Å². The predicted molar refractivity (Wildman–Crippen MR) is 63.4 cm³/mol. The van der Waals surface area contributed by atoms with Gasteiger partial charge in [-0.3, -0.25) is 9.59 Å². The quantitative estimate of drug-likeness (QED) is 0.677. The van der Waals surface area contributed by atoms with E-state index in [2.05, 4.69) is 26.0 Å². The van der Waals surface area contributed by atoms with Crippen LogP contribution in [0.1, 0.15) is 10.4 Å². The second-order valence-corrected chi connectivity index (χ2v) is 4.46. The highest BCUT2D eigenvalue weighted by Crippen LogP contribution is 2.08. The van der Waals surface area contributed by atoms with Gasteiger partial charge >= 0.3 is 5.97 Å². The van der Waals surface area contributed by atoms with Gasteiger partial charge in [-0.1, -0.05) is 15.9 Å². The second kappa shape index (κ2) is 6.44. The Morgan fingerprint density at radius 3 is 2.39 bits per heavy atom. The van der Waals surface area contributed by atoms with Crippen molar-refractivity contribution in [3.63, 3.8) is 0 Å². The average molecular weight is 322 g/mol. The molecule has 0 aromatic heterocycles. The van der Waals surface area contributed by atoms with Crippen LogP contribution in [0.2, 0.25) is 0 Å². The molecule has 98 valence electrons. The molecule has 0 saturated heterocycles. The highest BCUT2D eigenvalue weighted by atomic mass is 79.9. The fraction of sp³-hybridized carbons (Fsp3) is 0.273. The molecule has 0 aliphatic heterocycles. The van der Waals surface area contributed by atoms with Crippen LogP contribution in [0.5, 0.6) is 0 Å². The number of halogens is 3. The number of hydrogen-bond acceptors (Lipinski definition) is 3. The molecule has 7 heteroatoms. The first-order chi connectivity index (χ1) is 8.43. The SMILES string of the molecule is COC(=O)C(Br)CNC(=O)c1cc(F)cc(F)c1. The zero-order valence-electron chi connectivity index (χ0n) is 9.38. The number of carbonyl (C=O) groups is 2. The van der Waals surface area contributed by atoms with Crippen molar-refractivity contribution in [2.75, 3.05) is 13.7 Å². The molecule has 1 amide bonds. The highest BCUT2D eigenvalue weighted by molar-refractivity contribution is 9.10. The summed E-state index contributed by atoms with van der Waals surface area (Å²) >= 11 is 3.00. The van der Waals surface area contributed by atoms with Crippen LogP contribution in [0.25, 0.3) is 0 Å². The van der Waals surface area contributed by atoms with Gasteiger partial charge in [0, 0.05) is 18.2 Å². The third-order valence-electron chi connectivity index (χ3n) is 2.02. The molecule has 1 atom stereocenters. The summed E-state index contributed by atoms with van der Waals surface area (Å²) in [6.45, 7) is -0.0519. The molecule has 4 nitrogen and oxygen atoms in total. The summed E-state index contributed by atoms with van der Waals surface area (Å²) in [5, 5.41) is 2.35. The van der Waals surface area contributed by atoms with Crippen molar-refractivity contribution in [1.82, 2.24) is 5.32 Å². The first-order valence-electron chi connectivity index (χ1n) is 4.90. The van der Waals surface area contributed by atoms with E-state index in [1.807, 2.05) is 0 Å². The van der Waals surface area contributed by atoms with E-state index in [0.717, 1.165) is 12.1 Å². The normalized spacial score (nSPS) is 11.8. The highest BCUT2D eigenvalue weighted by Gasteiger charge is 2.17. The number of nitrogens with one attached hydrogen (secondary N) is 1. The molecule has 0 spiro atoms. The Kier molecular flexibility index (Phi) is 5.21. The van der Waals surface area contributed by atoms with Crippen molar-refractivity contribution in [2.45, 2.75) is 4.83 Å². The van der Waals surface area contributed by atoms with Gasteiger partial charge in [-0.25, -0.2) is 8.78 Å². The monoisotopic (exact) mass is 321 g/mol. The Labute approximate surface area is 110 Å². The van der Waals surface area contributed by atoms with Gasteiger partial charge in [0.05, 0.1) is 7.11 Å². The minimum absolute atomic E-state index is 0.0519. The number of hydrogen-bond donors (Lipinski definition) is 1. The van der Waals surface area contributed by atoms with E-state index in [4.69, 9.17) is 0 Å². The van der Waals surface area contributed by atoms with Gasteiger partial charge in [0.15, 0.2) is 0 Å². The van der Waals surface area contributed by atoms with Crippen molar-refractivity contribution >= 4 is 27.8 Å². The van der Waals surface area contributed by atoms with E-state index in [-0.39, 0.29) is 12.1 Å². The number of benzene rings is 1. The molecule has 0 fully saturated rings. The maximum absolute atomic E-state index is 12.9. The van der Waals surface area contributed by atoms with Crippen LogP contribution in [-0.4, -0.2) is 30.4 Å². The van der Waals surface area contributed by atoms with E-state index in [9.17, 15) is 18.4 Å². The van der Waals surface area contributed by atoms with Crippen LogP contribution >= 0.6 is 15.9 Å². The molecular formula is C11H10BrF2NO3. The molecule has 0 saturated carbocycles. The fourth-order valence-corrected chi connectivity index (χ4v) is 1.53. The number of esters is 1. The average Bonchev–Trinajstić information content (AvgIpc) is 2.33. The van der Waals surface area contributed by atoms with Gasteiger partial charge in [-0.15, -0.1) is 0 Å². The molecule has 1 aromatic carbocycles. The van der Waals surface area contributed by atoms with E-state index < -0.39 is 28.3 Å². The Bertz CT molecular complexity index is 447. The molecule has 1 N–H and O–H groups in total. The molecule has 1 aromatic rings. The van der Waals surface area contributed by atoms with Crippen LogP contribution in [0.3, 0.4) is 0 Å². The molecule has 1 rings (SSSR count). The summed E-state index contributed by atoms with van der Waals surface area (Å²) < 4.78 is 30.2. The first kappa shape index (κ1) is 14.6. The largest absolute Gasteiger partial charge is 0.468 e.